The number of esters is 2. The van der Waals surface area contributed by atoms with Gasteiger partial charge in [0.25, 0.3) is 0 Å². The quantitative estimate of drug-likeness (QED) is 0.0337. The molecule has 0 aromatic carbocycles. The molecule has 0 aromatic heterocycles. The van der Waals surface area contributed by atoms with Crippen LogP contribution in [0.3, 0.4) is 0 Å². The number of carboxylic acid groups (broad SMARTS) is 1. The molecule has 1 unspecified atom stereocenters. The zero-order valence-electron chi connectivity index (χ0n) is 36.9. The number of hydrogen-bond acceptors (Lipinski definition) is 8. The highest BCUT2D eigenvalue weighted by atomic mass is 16.7. The van der Waals surface area contributed by atoms with Crippen LogP contribution in [0, 0.1) is 5.92 Å². The second-order valence-corrected chi connectivity index (χ2v) is 15.5. The van der Waals surface area contributed by atoms with Crippen LogP contribution in [0.15, 0.2) is 131 Å². The number of aliphatic carboxylic acids is 1. The van der Waals surface area contributed by atoms with Gasteiger partial charge in [0.2, 0.25) is 6.29 Å². The van der Waals surface area contributed by atoms with Gasteiger partial charge in [-0.25, -0.2) is 9.59 Å². The van der Waals surface area contributed by atoms with Crippen molar-refractivity contribution in [3.05, 3.63) is 131 Å². The van der Waals surface area contributed by atoms with Crippen LogP contribution < -0.4 is 0 Å². The van der Waals surface area contributed by atoms with E-state index in [0.717, 1.165) is 47.5 Å². The molecule has 5 atom stereocenters. The molecule has 0 radical (unpaired) electrons. The van der Waals surface area contributed by atoms with Crippen molar-refractivity contribution >= 4 is 17.9 Å². The molecule has 0 spiro atoms. The molecule has 1 heterocycles. The molecule has 0 aliphatic carbocycles. The van der Waals surface area contributed by atoms with E-state index in [4.69, 9.17) is 19.3 Å². The fourth-order valence-electron chi connectivity index (χ4n) is 5.60. The zero-order valence-corrected chi connectivity index (χ0v) is 36.9. The number of aliphatic hydroxyl groups excluding tert-OH is 2. The maximum atomic E-state index is 12.9. The number of carboxylic acids is 1. The molecule has 9 nitrogen and oxygen atoms in total. The molecule has 9 heteroatoms. The number of unbranched alkanes of at least 4 members (excludes halogenated alkanes) is 7. The third kappa shape index (κ3) is 25.5. The van der Waals surface area contributed by atoms with E-state index in [1.165, 1.54) is 38.5 Å². The maximum Gasteiger partial charge on any atom is 0.336 e. The van der Waals surface area contributed by atoms with Crippen LogP contribution >= 0.6 is 0 Å². The molecule has 0 saturated carbocycles. The van der Waals surface area contributed by atoms with Crippen LogP contribution in [0.1, 0.15) is 126 Å². The molecule has 0 bridgehead atoms. The van der Waals surface area contributed by atoms with Gasteiger partial charge in [-0.1, -0.05) is 191 Å². The number of carbonyl (C=O) groups is 3. The van der Waals surface area contributed by atoms with E-state index in [2.05, 4.69) is 13.8 Å². The van der Waals surface area contributed by atoms with Crippen LogP contribution in [-0.2, 0) is 28.6 Å². The van der Waals surface area contributed by atoms with Gasteiger partial charge in [-0.2, -0.15) is 0 Å². The van der Waals surface area contributed by atoms with Gasteiger partial charge in [0.15, 0.2) is 6.10 Å². The van der Waals surface area contributed by atoms with Gasteiger partial charge < -0.3 is 29.5 Å². The van der Waals surface area contributed by atoms with Crippen molar-refractivity contribution in [1.29, 1.82) is 0 Å². The van der Waals surface area contributed by atoms with Crippen LogP contribution in [0.4, 0.5) is 0 Å². The first-order valence-electron chi connectivity index (χ1n) is 21.2. The van der Waals surface area contributed by atoms with Gasteiger partial charge in [0.05, 0.1) is 6.61 Å². The Morgan fingerprint density at radius 2 is 1.07 bits per heavy atom. The third-order valence-corrected chi connectivity index (χ3v) is 9.78. The third-order valence-electron chi connectivity index (χ3n) is 9.78. The van der Waals surface area contributed by atoms with Crippen molar-refractivity contribution in [3.8, 4) is 0 Å². The van der Waals surface area contributed by atoms with E-state index in [1.807, 2.05) is 101 Å². The largest absolute Gasteiger partial charge is 0.478 e. The first-order chi connectivity index (χ1) is 28.1. The number of aliphatic hydroxyl groups is 2. The van der Waals surface area contributed by atoms with Crippen LogP contribution in [0.5, 0.6) is 0 Å². The summed E-state index contributed by atoms with van der Waals surface area (Å²) >= 11 is 0. The monoisotopic (exact) mass is 817 g/mol. The van der Waals surface area contributed by atoms with E-state index in [1.54, 1.807) is 38.2 Å². The Morgan fingerprint density at radius 3 is 1.56 bits per heavy atom. The van der Waals surface area contributed by atoms with Crippen molar-refractivity contribution in [2.45, 2.75) is 151 Å². The summed E-state index contributed by atoms with van der Waals surface area (Å²) in [4.78, 5) is 36.4. The lowest BCUT2D eigenvalue weighted by atomic mass is 9.99. The molecule has 326 valence electrons. The van der Waals surface area contributed by atoms with Crippen molar-refractivity contribution < 1.29 is 43.9 Å². The Bertz CT molecular complexity index is 1640. The maximum absolute atomic E-state index is 12.9. The van der Waals surface area contributed by atoms with Gasteiger partial charge >= 0.3 is 17.9 Å². The lowest BCUT2D eigenvalue weighted by Gasteiger charge is -2.36. The summed E-state index contributed by atoms with van der Waals surface area (Å²) in [6, 6.07) is 0. The van der Waals surface area contributed by atoms with E-state index in [0.29, 0.717) is 6.42 Å². The molecule has 0 amide bonds. The van der Waals surface area contributed by atoms with E-state index in [9.17, 15) is 24.6 Å². The van der Waals surface area contributed by atoms with Crippen LogP contribution in [0.25, 0.3) is 0 Å². The zero-order chi connectivity index (χ0) is 44.0. The first kappa shape index (κ1) is 52.4. The van der Waals surface area contributed by atoms with Gasteiger partial charge in [0.1, 0.15) is 12.2 Å². The summed E-state index contributed by atoms with van der Waals surface area (Å²) in [7, 11) is 0. The van der Waals surface area contributed by atoms with Crippen molar-refractivity contribution in [1.82, 2.24) is 0 Å². The molecule has 3 N–H and O–H groups in total. The minimum absolute atomic E-state index is 0.168. The molecular weight excluding hydrogens is 745 g/mol. The Balaban J connectivity index is 2.58. The lowest BCUT2D eigenvalue weighted by Crippen LogP contribution is -2.56. The minimum atomic E-state index is -1.45. The fourth-order valence-corrected chi connectivity index (χ4v) is 5.60. The summed E-state index contributed by atoms with van der Waals surface area (Å²) in [5.41, 5.74) is 4.65. The minimum Gasteiger partial charge on any atom is -0.478 e. The van der Waals surface area contributed by atoms with Crippen LogP contribution in [0.2, 0.25) is 0 Å². The Labute approximate surface area is 354 Å². The number of rotatable bonds is 26. The second kappa shape index (κ2) is 31.4. The summed E-state index contributed by atoms with van der Waals surface area (Å²) in [6.45, 7) is 15.3. The predicted molar refractivity (Wildman–Crippen MR) is 239 cm³/mol. The fraction of sp³-hybridized carbons (Fsp3) is 0.500. The molecule has 59 heavy (non-hydrogen) atoms. The highest BCUT2D eigenvalue weighted by Gasteiger charge is 2.43. The van der Waals surface area contributed by atoms with Gasteiger partial charge in [-0.15, -0.1) is 0 Å². The average molecular weight is 817 g/mol. The molecular formula is C50H72O9. The number of hydrogen-bond donors (Lipinski definition) is 3. The highest BCUT2D eigenvalue weighted by Crippen LogP contribution is 2.22. The summed E-state index contributed by atoms with van der Waals surface area (Å²) in [6.07, 6.45) is 36.1. The second-order valence-electron chi connectivity index (χ2n) is 15.5. The van der Waals surface area contributed by atoms with Gasteiger partial charge in [-0.3, -0.25) is 4.79 Å². The molecule has 1 aliphatic rings. The highest BCUT2D eigenvalue weighted by molar-refractivity contribution is 5.88. The molecule has 1 saturated heterocycles. The number of allylic oxidation sites excluding steroid dienone is 20. The topological polar surface area (TPSA) is 140 Å². The van der Waals surface area contributed by atoms with Crippen molar-refractivity contribution in [3.63, 3.8) is 0 Å². The standard InChI is InChI=1S/C50H72O9/c1-9-37(2)24-16-14-12-10-11-13-15-17-35-45(52)58-47-46(53)44(51)36-57-50(47)59-49(56)43(8)34-23-32-41(6)30-21-28-39(4)26-19-18-25-38(3)27-20-29-40(5)31-22-33-42(7)48(54)55/h18-23,25-34,37,44,46-47,50-51,53H,9-17,24,35-36H2,1-8H3,(H,54,55)/b19-18+,27-20+,28-21+,31-22+,32-23+,38-25+,39-26+,40-29+,41-30+,42-33+,43-34+/t37?,44-,46+,47-,50+/m1/s1. The average Bonchev–Trinajstić information content (AvgIpc) is 3.19. The molecule has 1 aliphatic heterocycles. The predicted octanol–water partition coefficient (Wildman–Crippen LogP) is 11.0. The number of carbonyl (C=O) groups excluding carboxylic acids is 2. The van der Waals surface area contributed by atoms with Gasteiger partial charge in [0, 0.05) is 17.6 Å². The Kier molecular flexibility index (Phi) is 27.9. The summed E-state index contributed by atoms with van der Waals surface area (Å²) in [5.74, 6) is -1.35. The van der Waals surface area contributed by atoms with Crippen molar-refractivity contribution in [2.24, 2.45) is 5.92 Å². The Morgan fingerprint density at radius 1 is 0.627 bits per heavy atom. The normalized spacial score (nSPS) is 21.1. The molecule has 0 aromatic rings. The first-order valence-corrected chi connectivity index (χ1v) is 21.2. The summed E-state index contributed by atoms with van der Waals surface area (Å²) < 4.78 is 16.4. The Hall–Kier alpha value is -4.57. The van der Waals surface area contributed by atoms with E-state index in [-0.39, 0.29) is 24.2 Å². The lowest BCUT2D eigenvalue weighted by molar-refractivity contribution is -0.267. The van der Waals surface area contributed by atoms with Gasteiger partial charge in [-0.05, 0) is 53.9 Å². The van der Waals surface area contributed by atoms with E-state index < -0.39 is 42.5 Å². The SMILES string of the molecule is CCC(C)CCCCCCCCCCC(=O)O[C@H]1[C@H](OC(=O)/C(C)=C/C=C/C(C)=C/C=C/C(C)=C/C=C/C=C(C)/C=C/C=C(C)/C=C/C=C(\C)C(=O)O)OC[C@@H](O)[C@@H]1O. The molecule has 1 fully saturated rings. The number of ether oxygens (including phenoxy) is 3. The summed E-state index contributed by atoms with van der Waals surface area (Å²) in [5, 5.41) is 29.6. The smallest absolute Gasteiger partial charge is 0.336 e. The van der Waals surface area contributed by atoms with E-state index >= 15 is 0 Å². The molecule has 1 rings (SSSR count). The van der Waals surface area contributed by atoms with Crippen molar-refractivity contribution in [2.75, 3.05) is 6.61 Å². The van der Waals surface area contributed by atoms with Crippen LogP contribution in [-0.4, -0.2) is 64.4 Å².